The van der Waals surface area contributed by atoms with Crippen molar-refractivity contribution in [2.45, 2.75) is 31.5 Å². The maximum absolute atomic E-state index is 6.70. The first-order valence-corrected chi connectivity index (χ1v) is 13.1. The van der Waals surface area contributed by atoms with Crippen LogP contribution < -0.4 is 16.0 Å². The highest BCUT2D eigenvalue weighted by atomic mass is 79.9. The number of halogens is 2. The number of fused-ring (bicyclic) bond motifs is 1. The number of anilines is 2. The van der Waals surface area contributed by atoms with Crippen LogP contribution in [-0.4, -0.2) is 17.6 Å². The normalized spacial score (nSPS) is 19.1. The van der Waals surface area contributed by atoms with Gasteiger partial charge < -0.3 is 16.0 Å². The highest BCUT2D eigenvalue weighted by Crippen LogP contribution is 2.47. The molecule has 0 bridgehead atoms. The Bertz CT molecular complexity index is 1180. The van der Waals surface area contributed by atoms with Crippen LogP contribution in [0.25, 0.3) is 10.2 Å². The van der Waals surface area contributed by atoms with Crippen molar-refractivity contribution in [3.63, 3.8) is 0 Å². The van der Waals surface area contributed by atoms with Crippen molar-refractivity contribution in [3.05, 3.63) is 73.3 Å². The summed E-state index contributed by atoms with van der Waals surface area (Å²) in [5, 5.41) is 6.14. The lowest BCUT2D eigenvalue weighted by atomic mass is 9.95. The van der Waals surface area contributed by atoms with Gasteiger partial charge in [-0.25, -0.2) is 4.98 Å². The first kappa shape index (κ1) is 21.2. The molecule has 0 aliphatic carbocycles. The van der Waals surface area contributed by atoms with Crippen LogP contribution in [0.5, 0.6) is 0 Å². The summed E-state index contributed by atoms with van der Waals surface area (Å²) in [5.41, 5.74) is 9.81. The first-order valence-electron chi connectivity index (χ1n) is 10.2. The van der Waals surface area contributed by atoms with E-state index in [4.69, 9.17) is 17.3 Å². The van der Waals surface area contributed by atoms with Gasteiger partial charge in [-0.1, -0.05) is 35.9 Å². The number of piperidine rings is 1. The molecule has 3 N–H and O–H groups in total. The molecule has 1 fully saturated rings. The average Bonchev–Trinajstić information content (AvgIpc) is 3.41. The number of hydrogen-bond donors (Lipinski definition) is 2. The zero-order valence-electron chi connectivity index (χ0n) is 16.7. The molecule has 0 unspecified atom stereocenters. The SMILES string of the molecule is N[C@@H]1CCCN(c2ccccc2)[C@@H]1c1sc2c(NCc3cccs3)cc(Cl)nc2c1Br. The molecule has 0 spiro atoms. The molecule has 4 heterocycles. The Hall–Kier alpha value is -1.64. The molecule has 8 heteroatoms. The molecule has 5 rings (SSSR count). The van der Waals surface area contributed by atoms with Crippen molar-refractivity contribution in [2.24, 2.45) is 5.73 Å². The second kappa shape index (κ2) is 9.08. The minimum absolute atomic E-state index is 0.0521. The summed E-state index contributed by atoms with van der Waals surface area (Å²) in [4.78, 5) is 9.57. The Kier molecular flexibility index (Phi) is 6.21. The van der Waals surface area contributed by atoms with E-state index < -0.39 is 0 Å². The van der Waals surface area contributed by atoms with Crippen molar-refractivity contribution in [1.29, 1.82) is 0 Å². The molecule has 4 nitrogen and oxygen atoms in total. The quantitative estimate of drug-likeness (QED) is 0.270. The average molecular weight is 534 g/mol. The predicted molar refractivity (Wildman–Crippen MR) is 138 cm³/mol. The van der Waals surface area contributed by atoms with E-state index >= 15 is 0 Å². The molecule has 0 saturated carbocycles. The van der Waals surface area contributed by atoms with Crippen LogP contribution in [0.2, 0.25) is 5.15 Å². The fraction of sp³-hybridized carbons (Fsp3) is 0.261. The summed E-state index contributed by atoms with van der Waals surface area (Å²) in [6.45, 7) is 1.75. The van der Waals surface area contributed by atoms with Gasteiger partial charge in [-0.2, -0.15) is 0 Å². The number of pyridine rings is 1. The summed E-state index contributed by atoms with van der Waals surface area (Å²) >= 11 is 13.8. The Balaban J connectivity index is 1.57. The molecule has 31 heavy (non-hydrogen) atoms. The van der Waals surface area contributed by atoms with Gasteiger partial charge in [-0.05, 0) is 52.4 Å². The fourth-order valence-electron chi connectivity index (χ4n) is 4.21. The molecule has 1 aromatic carbocycles. The van der Waals surface area contributed by atoms with Gasteiger partial charge in [-0.3, -0.25) is 0 Å². The number of thiophene rings is 2. The number of benzene rings is 1. The Morgan fingerprint density at radius 1 is 1.23 bits per heavy atom. The van der Waals surface area contributed by atoms with E-state index in [1.54, 1.807) is 22.7 Å². The summed E-state index contributed by atoms with van der Waals surface area (Å²) in [6, 6.07) is 16.8. The smallest absolute Gasteiger partial charge is 0.131 e. The van der Waals surface area contributed by atoms with Crippen LogP contribution in [0.15, 0.2) is 58.4 Å². The minimum atomic E-state index is 0.0521. The maximum Gasteiger partial charge on any atom is 0.131 e. The molecule has 160 valence electrons. The van der Waals surface area contributed by atoms with Crippen LogP contribution in [0.3, 0.4) is 0 Å². The number of para-hydroxylation sites is 1. The first-order chi connectivity index (χ1) is 15.1. The number of nitrogens with zero attached hydrogens (tertiary/aromatic N) is 2. The molecular weight excluding hydrogens is 512 g/mol. The molecular formula is C23H22BrClN4S2. The molecule has 3 aromatic heterocycles. The van der Waals surface area contributed by atoms with E-state index in [9.17, 15) is 0 Å². The lowest BCUT2D eigenvalue weighted by Crippen LogP contribution is -2.45. The third-order valence-corrected chi connectivity index (χ3v) is 9.06. The second-order valence-corrected chi connectivity index (χ2v) is 10.9. The number of rotatable bonds is 5. The van der Waals surface area contributed by atoms with Gasteiger partial charge in [0.25, 0.3) is 0 Å². The molecule has 0 amide bonds. The van der Waals surface area contributed by atoms with Crippen LogP contribution in [0.1, 0.15) is 28.6 Å². The summed E-state index contributed by atoms with van der Waals surface area (Å²) in [5.74, 6) is 0. The van der Waals surface area contributed by atoms with Crippen LogP contribution in [-0.2, 0) is 6.54 Å². The zero-order chi connectivity index (χ0) is 21.4. The highest BCUT2D eigenvalue weighted by molar-refractivity contribution is 9.10. The topological polar surface area (TPSA) is 54.2 Å². The highest BCUT2D eigenvalue weighted by Gasteiger charge is 2.34. The number of hydrogen-bond acceptors (Lipinski definition) is 6. The number of nitrogens with one attached hydrogen (secondary N) is 1. The number of aromatic nitrogens is 1. The van der Waals surface area contributed by atoms with Crippen molar-refractivity contribution in [3.8, 4) is 0 Å². The Morgan fingerprint density at radius 2 is 2.06 bits per heavy atom. The van der Waals surface area contributed by atoms with E-state index in [1.165, 1.54) is 15.4 Å². The summed E-state index contributed by atoms with van der Waals surface area (Å²) in [7, 11) is 0. The second-order valence-electron chi connectivity index (χ2n) is 7.66. The van der Waals surface area contributed by atoms with Crippen LogP contribution >= 0.6 is 50.2 Å². The third kappa shape index (κ3) is 4.22. The Labute approximate surface area is 203 Å². The Morgan fingerprint density at radius 3 is 2.84 bits per heavy atom. The molecule has 0 radical (unpaired) electrons. The van der Waals surface area contributed by atoms with Gasteiger partial charge in [-0.15, -0.1) is 22.7 Å². The van der Waals surface area contributed by atoms with Crippen LogP contribution in [0, 0.1) is 0 Å². The zero-order valence-corrected chi connectivity index (χ0v) is 20.7. The standard InChI is InChI=1S/C23H22BrClN4S2/c24-19-20-22(17(12-18(25)28-20)27-13-15-8-5-11-30-15)31-23(19)21-16(26)9-4-10-29(21)14-6-2-1-3-7-14/h1-3,5-8,11-12,16,21H,4,9-10,13,26H2,(H,27,28)/t16-,21+/m1/s1. The van der Waals surface area contributed by atoms with Gasteiger partial charge in [0.2, 0.25) is 0 Å². The van der Waals surface area contributed by atoms with Crippen molar-refractivity contribution in [2.75, 3.05) is 16.8 Å². The molecule has 1 aliphatic rings. The maximum atomic E-state index is 6.70. The lowest BCUT2D eigenvalue weighted by Gasteiger charge is -2.41. The van der Waals surface area contributed by atoms with Gasteiger partial charge >= 0.3 is 0 Å². The van der Waals surface area contributed by atoms with Gasteiger partial charge in [0.15, 0.2) is 0 Å². The predicted octanol–water partition coefficient (Wildman–Crippen LogP) is 7.05. The monoisotopic (exact) mass is 532 g/mol. The number of nitrogens with two attached hydrogens (primary N) is 1. The molecule has 4 aromatic rings. The van der Waals surface area contributed by atoms with E-state index in [0.29, 0.717) is 5.15 Å². The van der Waals surface area contributed by atoms with E-state index in [-0.39, 0.29) is 12.1 Å². The minimum Gasteiger partial charge on any atom is -0.379 e. The third-order valence-electron chi connectivity index (χ3n) is 5.65. The van der Waals surface area contributed by atoms with Crippen molar-refractivity contribution in [1.82, 2.24) is 4.98 Å². The van der Waals surface area contributed by atoms with Crippen LogP contribution in [0.4, 0.5) is 11.4 Å². The summed E-state index contributed by atoms with van der Waals surface area (Å²) < 4.78 is 2.10. The van der Waals surface area contributed by atoms with Gasteiger partial charge in [0.05, 0.1) is 26.4 Å². The fourth-order valence-corrected chi connectivity index (χ4v) is 7.26. The van der Waals surface area contributed by atoms with E-state index in [2.05, 4.69) is 79.0 Å². The molecule has 2 atom stereocenters. The van der Waals surface area contributed by atoms with E-state index in [0.717, 1.165) is 46.3 Å². The molecule has 1 aliphatic heterocycles. The molecule has 1 saturated heterocycles. The largest absolute Gasteiger partial charge is 0.379 e. The van der Waals surface area contributed by atoms with Gasteiger partial charge in [0.1, 0.15) is 5.15 Å². The lowest BCUT2D eigenvalue weighted by molar-refractivity contribution is 0.413. The summed E-state index contributed by atoms with van der Waals surface area (Å²) in [6.07, 6.45) is 2.10. The van der Waals surface area contributed by atoms with Crippen molar-refractivity contribution < 1.29 is 0 Å². The van der Waals surface area contributed by atoms with E-state index in [1.807, 2.05) is 6.07 Å². The van der Waals surface area contributed by atoms with Gasteiger partial charge in [0, 0.05) is 40.6 Å². The van der Waals surface area contributed by atoms with Crippen molar-refractivity contribution >= 4 is 71.8 Å².